The molecule has 0 spiro atoms. The second-order valence-electron chi connectivity index (χ2n) is 7.44. The lowest BCUT2D eigenvalue weighted by Gasteiger charge is -2.31. The van der Waals surface area contributed by atoms with Crippen LogP contribution in [0.15, 0.2) is 53.1 Å². The van der Waals surface area contributed by atoms with E-state index in [-0.39, 0.29) is 11.8 Å². The molecule has 2 heterocycles. The first-order valence-corrected chi connectivity index (χ1v) is 9.94. The van der Waals surface area contributed by atoms with Crippen molar-refractivity contribution in [3.63, 3.8) is 0 Å². The molecule has 1 amide bonds. The lowest BCUT2D eigenvalue weighted by molar-refractivity contribution is -0.133. The fraction of sp³-hybridized carbons (Fsp3) is 0.348. The first-order chi connectivity index (χ1) is 14.1. The lowest BCUT2D eigenvalue weighted by atomic mass is 9.97. The number of carbonyl (C=O) groups is 1. The Hall–Kier alpha value is -3.15. The fourth-order valence-electron chi connectivity index (χ4n) is 3.72. The smallest absolute Gasteiger partial charge is 0.231 e. The largest absolute Gasteiger partial charge is 0.497 e. The number of methoxy groups -OCH3 is 1. The molecule has 0 aliphatic carbocycles. The van der Waals surface area contributed by atoms with Gasteiger partial charge in [-0.15, -0.1) is 0 Å². The number of amides is 1. The van der Waals surface area contributed by atoms with Crippen molar-refractivity contribution in [3.05, 3.63) is 65.5 Å². The predicted molar refractivity (Wildman–Crippen MR) is 110 cm³/mol. The van der Waals surface area contributed by atoms with Crippen LogP contribution in [0.25, 0.3) is 11.4 Å². The number of aromatic nitrogens is 2. The molecule has 1 atom stereocenters. The summed E-state index contributed by atoms with van der Waals surface area (Å²) in [4.78, 5) is 18.9. The maximum Gasteiger partial charge on any atom is 0.231 e. The van der Waals surface area contributed by atoms with Gasteiger partial charge in [0.25, 0.3) is 0 Å². The minimum Gasteiger partial charge on any atom is -0.497 e. The van der Waals surface area contributed by atoms with Crippen molar-refractivity contribution >= 4 is 5.91 Å². The van der Waals surface area contributed by atoms with E-state index in [0.29, 0.717) is 31.2 Å². The number of aryl methyl sites for hydroxylation is 1. The molecular formula is C23H25N3O3. The Kier molecular flexibility index (Phi) is 5.60. The van der Waals surface area contributed by atoms with Crippen molar-refractivity contribution in [1.82, 2.24) is 15.0 Å². The Balaban J connectivity index is 1.42. The first kappa shape index (κ1) is 19.2. The standard InChI is InChI=1S/C23H25N3O3/c1-16-5-3-4-6-20(16)22-24-23(29-25-22)18-9-12-21(27)26(15-18)14-13-17-7-10-19(28-2)11-8-17/h3-8,10-11,18H,9,12-15H2,1-2H3. The van der Waals surface area contributed by atoms with Crippen molar-refractivity contribution in [1.29, 1.82) is 0 Å². The SMILES string of the molecule is COc1ccc(CCN2CC(c3nc(-c4ccccc4C)no3)CCC2=O)cc1. The zero-order valence-corrected chi connectivity index (χ0v) is 16.8. The quantitative estimate of drug-likeness (QED) is 0.635. The van der Waals surface area contributed by atoms with Gasteiger partial charge >= 0.3 is 0 Å². The lowest BCUT2D eigenvalue weighted by Crippen LogP contribution is -2.40. The summed E-state index contributed by atoms with van der Waals surface area (Å²) < 4.78 is 10.8. The van der Waals surface area contributed by atoms with Gasteiger partial charge in [0.15, 0.2) is 0 Å². The molecule has 6 heteroatoms. The van der Waals surface area contributed by atoms with E-state index in [1.165, 1.54) is 5.56 Å². The van der Waals surface area contributed by atoms with E-state index in [4.69, 9.17) is 9.26 Å². The highest BCUT2D eigenvalue weighted by Crippen LogP contribution is 2.29. The summed E-state index contributed by atoms with van der Waals surface area (Å²) in [6.45, 7) is 3.33. The molecule has 2 aromatic carbocycles. The van der Waals surface area contributed by atoms with Gasteiger partial charge in [-0.3, -0.25) is 4.79 Å². The van der Waals surface area contributed by atoms with Crippen molar-refractivity contribution in [3.8, 4) is 17.1 Å². The molecule has 1 saturated heterocycles. The molecule has 3 aromatic rings. The predicted octanol–water partition coefficient (Wildman–Crippen LogP) is 4.00. The molecule has 1 fully saturated rings. The molecule has 1 aliphatic heterocycles. The molecule has 1 unspecified atom stereocenters. The summed E-state index contributed by atoms with van der Waals surface area (Å²) in [6.07, 6.45) is 2.06. The monoisotopic (exact) mass is 391 g/mol. The number of piperidine rings is 1. The average Bonchev–Trinajstić information content (AvgIpc) is 3.24. The highest BCUT2D eigenvalue weighted by molar-refractivity contribution is 5.77. The third-order valence-corrected chi connectivity index (χ3v) is 5.51. The van der Waals surface area contributed by atoms with Crippen LogP contribution in [0.1, 0.15) is 35.8 Å². The number of hydrogen-bond acceptors (Lipinski definition) is 5. The molecule has 0 bridgehead atoms. The van der Waals surface area contributed by atoms with Gasteiger partial charge in [0, 0.05) is 25.1 Å². The Morgan fingerprint density at radius 1 is 1.17 bits per heavy atom. The van der Waals surface area contributed by atoms with Crippen LogP contribution >= 0.6 is 0 Å². The minimum absolute atomic E-state index is 0.0776. The molecule has 29 heavy (non-hydrogen) atoms. The van der Waals surface area contributed by atoms with E-state index < -0.39 is 0 Å². The van der Waals surface area contributed by atoms with Crippen LogP contribution in [0.5, 0.6) is 5.75 Å². The molecule has 6 nitrogen and oxygen atoms in total. The zero-order chi connectivity index (χ0) is 20.2. The summed E-state index contributed by atoms with van der Waals surface area (Å²) in [7, 11) is 1.66. The molecule has 0 radical (unpaired) electrons. The molecule has 1 aromatic heterocycles. The van der Waals surface area contributed by atoms with E-state index in [9.17, 15) is 4.79 Å². The second kappa shape index (κ2) is 8.47. The summed E-state index contributed by atoms with van der Waals surface area (Å²) in [5.74, 6) is 2.33. The van der Waals surface area contributed by atoms with Crippen LogP contribution in [-0.4, -0.2) is 41.1 Å². The van der Waals surface area contributed by atoms with Gasteiger partial charge < -0.3 is 14.2 Å². The maximum absolute atomic E-state index is 12.4. The topological polar surface area (TPSA) is 68.5 Å². The van der Waals surface area contributed by atoms with E-state index >= 15 is 0 Å². The van der Waals surface area contributed by atoms with Crippen LogP contribution in [-0.2, 0) is 11.2 Å². The molecule has 0 N–H and O–H groups in total. The summed E-state index contributed by atoms with van der Waals surface area (Å²) >= 11 is 0. The average molecular weight is 391 g/mol. The van der Waals surface area contributed by atoms with Crippen LogP contribution in [0.4, 0.5) is 0 Å². The number of ether oxygens (including phenoxy) is 1. The van der Waals surface area contributed by atoms with Crippen LogP contribution in [0.2, 0.25) is 0 Å². The maximum atomic E-state index is 12.4. The molecule has 0 saturated carbocycles. The molecular weight excluding hydrogens is 366 g/mol. The Morgan fingerprint density at radius 2 is 1.97 bits per heavy atom. The van der Waals surface area contributed by atoms with Crippen molar-refractivity contribution < 1.29 is 14.1 Å². The van der Waals surface area contributed by atoms with E-state index in [1.54, 1.807) is 7.11 Å². The van der Waals surface area contributed by atoms with Gasteiger partial charge in [-0.2, -0.15) is 4.98 Å². The Morgan fingerprint density at radius 3 is 2.72 bits per heavy atom. The first-order valence-electron chi connectivity index (χ1n) is 9.94. The molecule has 4 rings (SSSR count). The summed E-state index contributed by atoms with van der Waals surface area (Å²) in [5, 5.41) is 4.18. The third kappa shape index (κ3) is 4.31. The molecule has 1 aliphatic rings. The van der Waals surface area contributed by atoms with Gasteiger partial charge in [0.05, 0.1) is 13.0 Å². The van der Waals surface area contributed by atoms with Gasteiger partial charge in [0.2, 0.25) is 17.6 Å². The van der Waals surface area contributed by atoms with Gasteiger partial charge in [-0.1, -0.05) is 41.6 Å². The van der Waals surface area contributed by atoms with E-state index in [0.717, 1.165) is 29.7 Å². The Labute approximate surface area is 170 Å². The number of carbonyl (C=O) groups excluding carboxylic acids is 1. The second-order valence-corrected chi connectivity index (χ2v) is 7.44. The van der Waals surface area contributed by atoms with Gasteiger partial charge in [-0.05, 0) is 43.0 Å². The zero-order valence-electron chi connectivity index (χ0n) is 16.8. The van der Waals surface area contributed by atoms with Crippen LogP contribution < -0.4 is 4.74 Å². The minimum atomic E-state index is 0.0776. The fourth-order valence-corrected chi connectivity index (χ4v) is 3.72. The number of benzene rings is 2. The van der Waals surface area contributed by atoms with Crippen LogP contribution in [0, 0.1) is 6.92 Å². The normalized spacial score (nSPS) is 16.8. The van der Waals surface area contributed by atoms with E-state index in [2.05, 4.69) is 10.1 Å². The number of rotatable bonds is 6. The number of likely N-dealkylation sites (tertiary alicyclic amines) is 1. The van der Waals surface area contributed by atoms with Gasteiger partial charge in [-0.25, -0.2) is 0 Å². The van der Waals surface area contributed by atoms with Crippen molar-refractivity contribution in [2.45, 2.75) is 32.1 Å². The third-order valence-electron chi connectivity index (χ3n) is 5.51. The van der Waals surface area contributed by atoms with E-state index in [1.807, 2.05) is 60.4 Å². The van der Waals surface area contributed by atoms with Crippen molar-refractivity contribution in [2.24, 2.45) is 0 Å². The highest BCUT2D eigenvalue weighted by atomic mass is 16.5. The molecule has 150 valence electrons. The Bertz CT molecular complexity index is 981. The summed E-state index contributed by atoms with van der Waals surface area (Å²) in [5.41, 5.74) is 3.27. The number of hydrogen-bond donors (Lipinski definition) is 0. The van der Waals surface area contributed by atoms with Gasteiger partial charge in [0.1, 0.15) is 5.75 Å². The van der Waals surface area contributed by atoms with Crippen LogP contribution in [0.3, 0.4) is 0 Å². The van der Waals surface area contributed by atoms with Crippen molar-refractivity contribution in [2.75, 3.05) is 20.2 Å². The highest BCUT2D eigenvalue weighted by Gasteiger charge is 2.30. The number of nitrogens with zero attached hydrogens (tertiary/aromatic N) is 3. The summed E-state index contributed by atoms with van der Waals surface area (Å²) in [6, 6.07) is 16.0.